The van der Waals surface area contributed by atoms with Gasteiger partial charge < -0.3 is 9.45 Å². The molecular weight excluding hydrogens is 526 g/mol. The first kappa shape index (κ1) is 26.7. The van der Waals surface area contributed by atoms with Crippen molar-refractivity contribution in [1.82, 2.24) is 14.2 Å². The molecule has 3 heterocycles. The Morgan fingerprint density at radius 2 is 1.84 bits per heavy atom. The largest absolute Gasteiger partial charge is 0.611 e. The number of nitrogens with zero attached hydrogens (tertiary/aromatic N) is 3. The van der Waals surface area contributed by atoms with Crippen LogP contribution in [-0.4, -0.2) is 66.1 Å². The molecule has 2 atom stereocenters. The molecule has 0 aliphatic carbocycles. The first-order valence-electron chi connectivity index (χ1n) is 12.6. The average Bonchev–Trinajstić information content (AvgIpc) is 3.19. The quantitative estimate of drug-likeness (QED) is 0.376. The SMILES string of the molecule is CN(CC(CCN1CCC2(CC1)C[S+]([O-])c1ccccc12)c1ccc(Cl)cc1)S(=O)(=O)c1cccnc1. The zero-order valence-electron chi connectivity index (χ0n) is 20.9. The van der Waals surface area contributed by atoms with E-state index < -0.39 is 21.2 Å². The van der Waals surface area contributed by atoms with Crippen LogP contribution < -0.4 is 0 Å². The van der Waals surface area contributed by atoms with Crippen molar-refractivity contribution in [2.45, 2.75) is 40.4 Å². The van der Waals surface area contributed by atoms with Gasteiger partial charge in [0.25, 0.3) is 0 Å². The minimum absolute atomic E-state index is 0.0179. The lowest BCUT2D eigenvalue weighted by molar-refractivity contribution is 0.165. The first-order chi connectivity index (χ1) is 17.8. The van der Waals surface area contributed by atoms with Crippen molar-refractivity contribution in [2.24, 2.45) is 0 Å². The molecule has 0 bridgehead atoms. The molecule has 6 nitrogen and oxygen atoms in total. The lowest BCUT2D eigenvalue weighted by Crippen LogP contribution is -2.44. The summed E-state index contributed by atoms with van der Waals surface area (Å²) >= 11 is 5.22. The van der Waals surface area contributed by atoms with Crippen molar-refractivity contribution in [1.29, 1.82) is 0 Å². The summed E-state index contributed by atoms with van der Waals surface area (Å²) in [5.41, 5.74) is 2.37. The van der Waals surface area contributed by atoms with Crippen LogP contribution in [0.15, 0.2) is 82.8 Å². The average molecular weight is 558 g/mol. The molecule has 2 aliphatic rings. The highest BCUT2D eigenvalue weighted by Gasteiger charge is 2.48. The van der Waals surface area contributed by atoms with E-state index in [1.807, 2.05) is 36.4 Å². The number of rotatable bonds is 8. The Labute approximate surface area is 227 Å². The van der Waals surface area contributed by atoms with Crippen molar-refractivity contribution >= 4 is 32.8 Å². The molecule has 1 saturated heterocycles. The van der Waals surface area contributed by atoms with E-state index in [2.05, 4.69) is 22.0 Å². The van der Waals surface area contributed by atoms with Crippen molar-refractivity contribution in [2.75, 3.05) is 39.0 Å². The molecule has 1 spiro atoms. The number of aromatic nitrogens is 1. The highest BCUT2D eigenvalue weighted by molar-refractivity contribution is 7.91. The number of likely N-dealkylation sites (tertiary alicyclic amines) is 1. The number of halogens is 1. The fourth-order valence-corrected chi connectivity index (χ4v) is 8.82. The molecule has 37 heavy (non-hydrogen) atoms. The number of sulfonamides is 1. The molecule has 1 aromatic heterocycles. The second-order valence-electron chi connectivity index (χ2n) is 10.1. The summed E-state index contributed by atoms with van der Waals surface area (Å²) in [6.07, 6.45) is 5.78. The number of hydrogen-bond donors (Lipinski definition) is 0. The number of fused-ring (bicyclic) bond motifs is 2. The van der Waals surface area contributed by atoms with Gasteiger partial charge in [0, 0.05) is 42.0 Å². The Morgan fingerprint density at radius 3 is 2.54 bits per heavy atom. The molecule has 0 amide bonds. The molecule has 2 aliphatic heterocycles. The van der Waals surface area contributed by atoms with E-state index in [1.165, 1.54) is 16.1 Å². The summed E-state index contributed by atoms with van der Waals surface area (Å²) in [6, 6.07) is 19.1. The summed E-state index contributed by atoms with van der Waals surface area (Å²) in [4.78, 5) is 7.65. The third kappa shape index (κ3) is 5.60. The van der Waals surface area contributed by atoms with Crippen LogP contribution in [0, 0.1) is 0 Å². The maximum Gasteiger partial charge on any atom is 0.244 e. The van der Waals surface area contributed by atoms with E-state index >= 15 is 0 Å². The maximum atomic E-state index is 13.2. The van der Waals surface area contributed by atoms with E-state index in [4.69, 9.17) is 11.6 Å². The van der Waals surface area contributed by atoms with Gasteiger partial charge in [-0.2, -0.15) is 0 Å². The van der Waals surface area contributed by atoms with Crippen LogP contribution >= 0.6 is 11.6 Å². The Hall–Kier alpha value is -1.94. The highest BCUT2D eigenvalue weighted by atomic mass is 35.5. The predicted molar refractivity (Wildman–Crippen MR) is 148 cm³/mol. The zero-order chi connectivity index (χ0) is 26.0. The molecule has 5 rings (SSSR count). The number of likely N-dealkylation sites (N-methyl/N-ethyl adjacent to an activating group) is 1. The molecule has 1 fully saturated rings. The van der Waals surface area contributed by atoms with Gasteiger partial charge in [-0.25, -0.2) is 12.7 Å². The molecule has 196 valence electrons. The fraction of sp³-hybridized carbons (Fsp3) is 0.393. The second kappa shape index (κ2) is 11.0. The number of piperidine rings is 1. The van der Waals surface area contributed by atoms with Gasteiger partial charge in [-0.05, 0) is 91.9 Å². The molecule has 9 heteroatoms. The molecule has 2 aromatic carbocycles. The van der Waals surface area contributed by atoms with Gasteiger partial charge in [0.05, 0.1) is 0 Å². The zero-order valence-corrected chi connectivity index (χ0v) is 23.3. The molecule has 0 saturated carbocycles. The number of pyridine rings is 1. The predicted octanol–water partition coefficient (Wildman–Crippen LogP) is 4.68. The summed E-state index contributed by atoms with van der Waals surface area (Å²) in [7, 11) is -2.01. The fourth-order valence-electron chi connectivity index (χ4n) is 5.65. The maximum absolute atomic E-state index is 13.2. The lowest BCUT2D eigenvalue weighted by atomic mass is 9.74. The van der Waals surface area contributed by atoms with Gasteiger partial charge >= 0.3 is 0 Å². The standard InChI is InChI=1S/C28H32ClN3O3S2/c1-31(37(34,35)25-5-4-15-30-19-25)20-23(22-8-10-24(29)11-9-22)12-16-32-17-13-28(14-18-32)21-36(33)27-7-3-2-6-26(27)28/h2-11,15,19,23H,12-14,16-18,20-21H2,1H3. The molecular formula is C28H32ClN3O3S2. The van der Waals surface area contributed by atoms with E-state index in [0.29, 0.717) is 11.6 Å². The van der Waals surface area contributed by atoms with Crippen molar-refractivity contribution in [3.05, 3.63) is 89.2 Å². The Kier molecular flexibility index (Phi) is 7.96. The van der Waals surface area contributed by atoms with Gasteiger partial charge in [0.1, 0.15) is 10.6 Å². The molecule has 3 aromatic rings. The van der Waals surface area contributed by atoms with Gasteiger partial charge in [-0.15, -0.1) is 0 Å². The summed E-state index contributed by atoms with van der Waals surface area (Å²) in [5.74, 6) is 0.745. The van der Waals surface area contributed by atoms with Crippen LogP contribution in [0.3, 0.4) is 0 Å². The van der Waals surface area contributed by atoms with Crippen molar-refractivity contribution in [3.8, 4) is 0 Å². The topological polar surface area (TPSA) is 76.6 Å². The van der Waals surface area contributed by atoms with Crippen LogP contribution in [-0.2, 0) is 26.6 Å². The number of benzene rings is 2. The van der Waals surface area contributed by atoms with Gasteiger partial charge in [0.2, 0.25) is 10.0 Å². The smallest absolute Gasteiger partial charge is 0.244 e. The normalized spacial score (nSPS) is 20.3. The summed E-state index contributed by atoms with van der Waals surface area (Å²) in [6.45, 7) is 3.13. The van der Waals surface area contributed by atoms with Crippen LogP contribution in [0.2, 0.25) is 5.02 Å². The Bertz CT molecular complexity index is 1310. The minimum Gasteiger partial charge on any atom is -0.611 e. The third-order valence-corrected chi connectivity index (χ3v) is 11.6. The van der Waals surface area contributed by atoms with E-state index in [9.17, 15) is 13.0 Å². The Morgan fingerprint density at radius 1 is 1.11 bits per heavy atom. The monoisotopic (exact) mass is 557 g/mol. The summed E-state index contributed by atoms with van der Waals surface area (Å²) < 4.78 is 40.5. The molecule has 0 N–H and O–H groups in total. The second-order valence-corrected chi connectivity index (χ2v) is 14.0. The first-order valence-corrected chi connectivity index (χ1v) is 15.7. The number of hydrogen-bond acceptors (Lipinski definition) is 5. The van der Waals surface area contributed by atoms with Crippen LogP contribution in [0.4, 0.5) is 0 Å². The van der Waals surface area contributed by atoms with E-state index in [0.717, 1.165) is 55.1 Å². The van der Waals surface area contributed by atoms with Crippen LogP contribution in [0.25, 0.3) is 0 Å². The minimum atomic E-state index is -3.64. The van der Waals surface area contributed by atoms with Crippen LogP contribution in [0.5, 0.6) is 0 Å². The van der Waals surface area contributed by atoms with Crippen molar-refractivity contribution < 1.29 is 13.0 Å². The van der Waals surface area contributed by atoms with Crippen molar-refractivity contribution in [3.63, 3.8) is 0 Å². The van der Waals surface area contributed by atoms with E-state index in [-0.39, 0.29) is 16.2 Å². The van der Waals surface area contributed by atoms with Gasteiger partial charge in [0.15, 0.2) is 4.90 Å². The van der Waals surface area contributed by atoms with Gasteiger partial charge in [-0.3, -0.25) is 4.98 Å². The molecule has 2 unspecified atom stereocenters. The third-order valence-electron chi connectivity index (χ3n) is 7.88. The lowest BCUT2D eigenvalue weighted by Gasteiger charge is -2.38. The van der Waals surface area contributed by atoms with Gasteiger partial charge in [-0.1, -0.05) is 41.9 Å². The van der Waals surface area contributed by atoms with Crippen LogP contribution in [0.1, 0.15) is 36.3 Å². The summed E-state index contributed by atoms with van der Waals surface area (Å²) in [5, 5.41) is 0.661. The highest BCUT2D eigenvalue weighted by Crippen LogP contribution is 2.46. The van der Waals surface area contributed by atoms with E-state index in [1.54, 1.807) is 25.4 Å². The Balaban J connectivity index is 1.26. The molecule has 0 radical (unpaired) electrons.